The second kappa shape index (κ2) is 4.07. The molecule has 1 N–H and O–H groups in total. The fourth-order valence-electron chi connectivity index (χ4n) is 2.62. The molecule has 2 aliphatic rings. The molecule has 3 rings (SSSR count). The summed E-state index contributed by atoms with van der Waals surface area (Å²) in [4.78, 5) is 0. The van der Waals surface area contributed by atoms with Crippen LogP contribution in [0.15, 0.2) is 24.3 Å². The van der Waals surface area contributed by atoms with Crippen molar-refractivity contribution in [3.63, 3.8) is 0 Å². The summed E-state index contributed by atoms with van der Waals surface area (Å²) in [6, 6.07) is 7.98. The normalized spacial score (nSPS) is 29.8. The monoisotopic (exact) mass is 220 g/mol. The SMILES string of the molecule is OC(C1CCOC1)C1COc2ccccc21. The highest BCUT2D eigenvalue weighted by Crippen LogP contribution is 2.38. The first-order valence-corrected chi connectivity index (χ1v) is 5.84. The topological polar surface area (TPSA) is 38.7 Å². The highest BCUT2D eigenvalue weighted by molar-refractivity contribution is 5.40. The Balaban J connectivity index is 1.81. The van der Waals surface area contributed by atoms with E-state index in [4.69, 9.17) is 9.47 Å². The third kappa shape index (κ3) is 1.60. The molecule has 1 aromatic carbocycles. The maximum absolute atomic E-state index is 10.3. The van der Waals surface area contributed by atoms with Crippen molar-refractivity contribution >= 4 is 0 Å². The van der Waals surface area contributed by atoms with Gasteiger partial charge in [-0.15, -0.1) is 0 Å². The molecule has 16 heavy (non-hydrogen) atoms. The smallest absolute Gasteiger partial charge is 0.123 e. The lowest BCUT2D eigenvalue weighted by atomic mass is 9.87. The first-order chi connectivity index (χ1) is 7.86. The van der Waals surface area contributed by atoms with Crippen LogP contribution in [-0.2, 0) is 4.74 Å². The highest BCUT2D eigenvalue weighted by atomic mass is 16.5. The van der Waals surface area contributed by atoms with E-state index in [1.807, 2.05) is 24.3 Å². The Morgan fingerprint density at radius 2 is 2.12 bits per heavy atom. The largest absolute Gasteiger partial charge is 0.493 e. The molecule has 3 heteroatoms. The van der Waals surface area contributed by atoms with Crippen molar-refractivity contribution in [3.05, 3.63) is 29.8 Å². The summed E-state index contributed by atoms with van der Waals surface area (Å²) in [5.41, 5.74) is 1.14. The summed E-state index contributed by atoms with van der Waals surface area (Å²) >= 11 is 0. The zero-order valence-electron chi connectivity index (χ0n) is 9.13. The molecule has 0 aromatic heterocycles. The summed E-state index contributed by atoms with van der Waals surface area (Å²) in [5.74, 6) is 1.30. The molecule has 3 atom stereocenters. The van der Waals surface area contributed by atoms with Crippen molar-refractivity contribution in [2.75, 3.05) is 19.8 Å². The van der Waals surface area contributed by atoms with Crippen LogP contribution in [0.3, 0.4) is 0 Å². The standard InChI is InChI=1S/C13H16O3/c14-13(9-5-6-15-7-9)11-8-16-12-4-2-1-3-10(11)12/h1-4,9,11,13-14H,5-8H2. The van der Waals surface area contributed by atoms with Crippen molar-refractivity contribution in [1.29, 1.82) is 0 Å². The quantitative estimate of drug-likeness (QED) is 0.822. The van der Waals surface area contributed by atoms with Crippen LogP contribution in [0.5, 0.6) is 5.75 Å². The number of para-hydroxylation sites is 1. The maximum Gasteiger partial charge on any atom is 0.123 e. The van der Waals surface area contributed by atoms with Gasteiger partial charge in [-0.25, -0.2) is 0 Å². The molecule has 86 valence electrons. The van der Waals surface area contributed by atoms with Gasteiger partial charge in [-0.05, 0) is 12.5 Å². The Bertz CT molecular complexity index is 371. The molecule has 0 radical (unpaired) electrons. The van der Waals surface area contributed by atoms with E-state index in [2.05, 4.69) is 0 Å². The second-order valence-corrected chi connectivity index (χ2v) is 4.57. The Morgan fingerprint density at radius 3 is 2.94 bits per heavy atom. The van der Waals surface area contributed by atoms with Gasteiger partial charge in [0.1, 0.15) is 5.75 Å². The molecule has 0 bridgehead atoms. The fourth-order valence-corrected chi connectivity index (χ4v) is 2.62. The lowest BCUT2D eigenvalue weighted by Crippen LogP contribution is -2.29. The van der Waals surface area contributed by atoms with Crippen LogP contribution in [0, 0.1) is 5.92 Å². The molecule has 1 aromatic rings. The summed E-state index contributed by atoms with van der Waals surface area (Å²) in [6.07, 6.45) is 0.617. The maximum atomic E-state index is 10.3. The van der Waals surface area contributed by atoms with E-state index in [1.165, 1.54) is 0 Å². The molecule has 3 nitrogen and oxygen atoms in total. The first kappa shape index (κ1) is 10.1. The van der Waals surface area contributed by atoms with E-state index in [-0.39, 0.29) is 17.9 Å². The fraction of sp³-hybridized carbons (Fsp3) is 0.538. The van der Waals surface area contributed by atoms with Crippen LogP contribution in [-0.4, -0.2) is 31.0 Å². The van der Waals surface area contributed by atoms with Crippen LogP contribution >= 0.6 is 0 Å². The molecular formula is C13H16O3. The molecule has 0 aliphatic carbocycles. The lowest BCUT2D eigenvalue weighted by Gasteiger charge is -2.22. The molecule has 1 fully saturated rings. The zero-order valence-corrected chi connectivity index (χ0v) is 9.13. The number of benzene rings is 1. The third-order valence-electron chi connectivity index (χ3n) is 3.60. The van der Waals surface area contributed by atoms with E-state index in [1.54, 1.807) is 0 Å². The number of rotatable bonds is 2. The average Bonchev–Trinajstić information content (AvgIpc) is 2.98. The lowest BCUT2D eigenvalue weighted by molar-refractivity contribution is 0.0623. The van der Waals surface area contributed by atoms with Crippen LogP contribution in [0.2, 0.25) is 0 Å². The minimum absolute atomic E-state index is 0.114. The van der Waals surface area contributed by atoms with Crippen molar-refractivity contribution in [1.82, 2.24) is 0 Å². The van der Waals surface area contributed by atoms with E-state index >= 15 is 0 Å². The van der Waals surface area contributed by atoms with Crippen LogP contribution < -0.4 is 4.74 Å². The Labute approximate surface area is 95.0 Å². The molecular weight excluding hydrogens is 204 g/mol. The molecule has 1 saturated heterocycles. The Morgan fingerprint density at radius 1 is 1.25 bits per heavy atom. The van der Waals surface area contributed by atoms with Crippen molar-refractivity contribution < 1.29 is 14.6 Å². The predicted molar refractivity (Wildman–Crippen MR) is 59.6 cm³/mol. The number of fused-ring (bicyclic) bond motifs is 1. The van der Waals surface area contributed by atoms with Gasteiger partial charge < -0.3 is 14.6 Å². The minimum Gasteiger partial charge on any atom is -0.493 e. The summed E-state index contributed by atoms with van der Waals surface area (Å²) in [7, 11) is 0. The van der Waals surface area contributed by atoms with Crippen molar-refractivity contribution in [2.24, 2.45) is 5.92 Å². The predicted octanol–water partition coefficient (Wildman–Crippen LogP) is 1.56. The van der Waals surface area contributed by atoms with Crippen LogP contribution in [0.25, 0.3) is 0 Å². The van der Waals surface area contributed by atoms with E-state index in [0.29, 0.717) is 13.2 Å². The minimum atomic E-state index is -0.342. The number of ether oxygens (including phenoxy) is 2. The van der Waals surface area contributed by atoms with Gasteiger partial charge >= 0.3 is 0 Å². The summed E-state index contributed by atoms with van der Waals surface area (Å²) in [5, 5.41) is 10.3. The number of hydrogen-bond donors (Lipinski definition) is 1. The molecule has 2 heterocycles. The number of hydrogen-bond acceptors (Lipinski definition) is 3. The summed E-state index contributed by atoms with van der Waals surface area (Å²) < 4.78 is 10.9. The number of aliphatic hydroxyl groups excluding tert-OH is 1. The average molecular weight is 220 g/mol. The Hall–Kier alpha value is -1.06. The number of aliphatic hydroxyl groups is 1. The van der Waals surface area contributed by atoms with Crippen LogP contribution in [0.1, 0.15) is 17.9 Å². The van der Waals surface area contributed by atoms with Crippen molar-refractivity contribution in [3.8, 4) is 5.75 Å². The van der Waals surface area contributed by atoms with E-state index in [0.717, 1.165) is 24.3 Å². The van der Waals surface area contributed by atoms with E-state index < -0.39 is 0 Å². The Kier molecular flexibility index (Phi) is 2.58. The van der Waals surface area contributed by atoms with Crippen molar-refractivity contribution in [2.45, 2.75) is 18.4 Å². The van der Waals surface area contributed by atoms with Gasteiger partial charge in [0.25, 0.3) is 0 Å². The molecule has 0 saturated carbocycles. The zero-order chi connectivity index (χ0) is 11.0. The summed E-state index contributed by atoms with van der Waals surface area (Å²) in [6.45, 7) is 2.05. The molecule has 0 amide bonds. The first-order valence-electron chi connectivity index (χ1n) is 5.84. The van der Waals surface area contributed by atoms with E-state index in [9.17, 15) is 5.11 Å². The molecule has 3 unspecified atom stereocenters. The van der Waals surface area contributed by atoms with Gasteiger partial charge in [-0.3, -0.25) is 0 Å². The van der Waals surface area contributed by atoms with Gasteiger partial charge in [-0.1, -0.05) is 18.2 Å². The second-order valence-electron chi connectivity index (χ2n) is 4.57. The molecule has 2 aliphatic heterocycles. The highest BCUT2D eigenvalue weighted by Gasteiger charge is 2.36. The third-order valence-corrected chi connectivity index (χ3v) is 3.60. The van der Waals surface area contributed by atoms with Gasteiger partial charge in [0.05, 0.1) is 19.3 Å². The van der Waals surface area contributed by atoms with Gasteiger partial charge in [0.15, 0.2) is 0 Å². The van der Waals surface area contributed by atoms with Crippen LogP contribution in [0.4, 0.5) is 0 Å². The van der Waals surface area contributed by atoms with Gasteiger partial charge in [-0.2, -0.15) is 0 Å². The molecule has 0 spiro atoms. The van der Waals surface area contributed by atoms with Gasteiger partial charge in [0, 0.05) is 24.0 Å². The van der Waals surface area contributed by atoms with Gasteiger partial charge in [0.2, 0.25) is 0 Å².